The molecule has 0 atom stereocenters. The van der Waals surface area contributed by atoms with E-state index >= 15 is 0 Å². The van der Waals surface area contributed by atoms with E-state index in [1.54, 1.807) is 16.8 Å². The standard InChI is InChI=1S/C18H13BrN2O4S/c1-3-6-21-17(23)15(26-18(21)24)7-11-9-20(10-16(22)25-2)14-5-4-12(19)8-13(11)14/h1,4-5,7-9H,6,10H2,2H3/b15-7-. The molecule has 2 aromatic rings. The Morgan fingerprint density at radius 1 is 1.42 bits per heavy atom. The van der Waals surface area contributed by atoms with Gasteiger partial charge in [-0.05, 0) is 36.0 Å². The van der Waals surface area contributed by atoms with Gasteiger partial charge in [-0.25, -0.2) is 0 Å². The largest absolute Gasteiger partial charge is 0.468 e. The van der Waals surface area contributed by atoms with Crippen LogP contribution in [0.25, 0.3) is 17.0 Å². The highest BCUT2D eigenvalue weighted by atomic mass is 79.9. The van der Waals surface area contributed by atoms with Gasteiger partial charge >= 0.3 is 5.97 Å². The van der Waals surface area contributed by atoms with E-state index in [1.807, 2.05) is 18.2 Å². The number of nitrogens with zero attached hydrogens (tertiary/aromatic N) is 2. The van der Waals surface area contributed by atoms with E-state index in [-0.39, 0.29) is 19.1 Å². The minimum absolute atomic E-state index is 0.0427. The molecule has 0 radical (unpaired) electrons. The SMILES string of the molecule is C#CCN1C(=O)S/C(=C\c2cn(CC(=O)OC)c3ccc(Br)cc23)C1=O. The number of esters is 1. The maximum Gasteiger partial charge on any atom is 0.325 e. The molecule has 1 aliphatic heterocycles. The van der Waals surface area contributed by atoms with Gasteiger partial charge in [0.05, 0.1) is 18.6 Å². The zero-order chi connectivity index (χ0) is 18.8. The number of carbonyl (C=O) groups excluding carboxylic acids is 3. The molecule has 0 N–H and O–H groups in total. The molecule has 0 aliphatic carbocycles. The summed E-state index contributed by atoms with van der Waals surface area (Å²) < 4.78 is 7.33. The van der Waals surface area contributed by atoms with Crippen molar-refractivity contribution >= 4 is 61.8 Å². The van der Waals surface area contributed by atoms with Crippen LogP contribution in [0.2, 0.25) is 0 Å². The topological polar surface area (TPSA) is 68.6 Å². The zero-order valence-corrected chi connectivity index (χ0v) is 16.1. The van der Waals surface area contributed by atoms with E-state index in [9.17, 15) is 14.4 Å². The molecule has 1 fully saturated rings. The number of hydrogen-bond donors (Lipinski definition) is 0. The summed E-state index contributed by atoms with van der Waals surface area (Å²) in [6.45, 7) is -0.0152. The number of imide groups is 1. The van der Waals surface area contributed by atoms with E-state index in [1.165, 1.54) is 7.11 Å². The molecule has 0 unspecified atom stereocenters. The summed E-state index contributed by atoms with van der Waals surface area (Å²) in [4.78, 5) is 37.3. The Balaban J connectivity index is 2.06. The number of halogens is 1. The van der Waals surface area contributed by atoms with Gasteiger partial charge in [-0.15, -0.1) is 6.42 Å². The third-order valence-corrected chi connectivity index (χ3v) is 5.21. The molecule has 1 aromatic heterocycles. The second kappa shape index (κ2) is 7.40. The summed E-state index contributed by atoms with van der Waals surface area (Å²) in [5.74, 6) is 1.51. The normalized spacial score (nSPS) is 15.7. The predicted octanol–water partition coefficient (Wildman–Crippen LogP) is 3.25. The molecule has 1 aliphatic rings. The minimum atomic E-state index is -0.415. The molecule has 0 saturated carbocycles. The van der Waals surface area contributed by atoms with Crippen LogP contribution >= 0.6 is 27.7 Å². The molecule has 0 spiro atoms. The monoisotopic (exact) mass is 432 g/mol. The maximum absolute atomic E-state index is 12.4. The summed E-state index contributed by atoms with van der Waals surface area (Å²) in [7, 11) is 1.33. The number of carbonyl (C=O) groups is 3. The van der Waals surface area contributed by atoms with Gasteiger partial charge in [-0.1, -0.05) is 21.9 Å². The lowest BCUT2D eigenvalue weighted by Crippen LogP contribution is -2.28. The van der Waals surface area contributed by atoms with Crippen LogP contribution in [0.15, 0.2) is 33.8 Å². The van der Waals surface area contributed by atoms with Gasteiger partial charge in [0.2, 0.25) is 0 Å². The number of ether oxygens (including phenoxy) is 1. The molecular weight excluding hydrogens is 420 g/mol. The van der Waals surface area contributed by atoms with Crippen molar-refractivity contribution in [2.24, 2.45) is 0 Å². The Bertz CT molecular complexity index is 1000. The highest BCUT2D eigenvalue weighted by Gasteiger charge is 2.34. The van der Waals surface area contributed by atoms with Crippen LogP contribution in [-0.2, 0) is 20.9 Å². The highest BCUT2D eigenvalue weighted by molar-refractivity contribution is 9.10. The quantitative estimate of drug-likeness (QED) is 0.421. The third kappa shape index (κ3) is 3.41. The van der Waals surface area contributed by atoms with Crippen molar-refractivity contribution in [1.82, 2.24) is 9.47 Å². The second-order valence-electron chi connectivity index (χ2n) is 5.42. The van der Waals surface area contributed by atoms with Crippen LogP contribution in [0.4, 0.5) is 4.79 Å². The van der Waals surface area contributed by atoms with E-state index in [0.29, 0.717) is 4.91 Å². The fourth-order valence-corrected chi connectivity index (χ4v) is 3.81. The van der Waals surface area contributed by atoms with Gasteiger partial charge in [-0.2, -0.15) is 0 Å². The Hall–Kier alpha value is -2.50. The molecule has 2 heterocycles. The number of methoxy groups -OCH3 is 1. The number of rotatable bonds is 4. The number of hydrogen-bond acceptors (Lipinski definition) is 5. The van der Waals surface area contributed by atoms with Crippen molar-refractivity contribution < 1.29 is 19.1 Å². The van der Waals surface area contributed by atoms with E-state index in [0.717, 1.165) is 37.6 Å². The van der Waals surface area contributed by atoms with Crippen LogP contribution in [0.1, 0.15) is 5.56 Å². The van der Waals surface area contributed by atoms with E-state index < -0.39 is 11.1 Å². The lowest BCUT2D eigenvalue weighted by atomic mass is 10.1. The predicted molar refractivity (Wildman–Crippen MR) is 103 cm³/mol. The van der Waals surface area contributed by atoms with Crippen LogP contribution < -0.4 is 0 Å². The first-order valence-corrected chi connectivity index (χ1v) is 9.09. The van der Waals surface area contributed by atoms with E-state index in [4.69, 9.17) is 11.2 Å². The van der Waals surface area contributed by atoms with Crippen molar-refractivity contribution in [2.75, 3.05) is 13.7 Å². The lowest BCUT2D eigenvalue weighted by molar-refractivity contribution is -0.141. The first-order chi connectivity index (χ1) is 12.4. The van der Waals surface area contributed by atoms with Crippen molar-refractivity contribution in [3.63, 3.8) is 0 Å². The van der Waals surface area contributed by atoms with Crippen molar-refractivity contribution in [2.45, 2.75) is 6.54 Å². The van der Waals surface area contributed by atoms with Gasteiger partial charge in [0.1, 0.15) is 6.54 Å². The molecule has 0 bridgehead atoms. The number of fused-ring (bicyclic) bond motifs is 1. The summed E-state index contributed by atoms with van der Waals surface area (Å²) in [6.07, 6.45) is 8.60. The number of aromatic nitrogens is 1. The Kier molecular flexibility index (Phi) is 5.20. The average Bonchev–Trinajstić information content (AvgIpc) is 3.07. The van der Waals surface area contributed by atoms with Crippen molar-refractivity contribution in [1.29, 1.82) is 0 Å². The lowest BCUT2D eigenvalue weighted by Gasteiger charge is -2.06. The summed E-state index contributed by atoms with van der Waals surface area (Å²) in [5.41, 5.74) is 1.53. The molecule has 6 nitrogen and oxygen atoms in total. The molecular formula is C18H13BrN2O4S. The molecule has 1 aromatic carbocycles. The molecule has 1 saturated heterocycles. The third-order valence-electron chi connectivity index (χ3n) is 3.81. The zero-order valence-electron chi connectivity index (χ0n) is 13.7. The van der Waals surface area contributed by atoms with Crippen LogP contribution in [0.5, 0.6) is 0 Å². The van der Waals surface area contributed by atoms with Gasteiger partial charge < -0.3 is 9.30 Å². The maximum atomic E-state index is 12.4. The van der Waals surface area contributed by atoms with Gasteiger partial charge in [-0.3, -0.25) is 19.3 Å². The molecule has 3 rings (SSSR count). The Labute approximate surface area is 162 Å². The Morgan fingerprint density at radius 2 is 2.19 bits per heavy atom. The van der Waals surface area contributed by atoms with Crippen LogP contribution in [0.3, 0.4) is 0 Å². The summed E-state index contributed by atoms with van der Waals surface area (Å²) in [6, 6.07) is 5.62. The number of benzene rings is 1. The highest BCUT2D eigenvalue weighted by Crippen LogP contribution is 2.34. The van der Waals surface area contributed by atoms with Crippen molar-refractivity contribution in [3.05, 3.63) is 39.3 Å². The van der Waals surface area contributed by atoms with E-state index in [2.05, 4.69) is 21.9 Å². The first kappa shape index (κ1) is 18.3. The van der Waals surface area contributed by atoms with Gasteiger partial charge in [0.15, 0.2) is 0 Å². The average molecular weight is 433 g/mol. The molecule has 8 heteroatoms. The Morgan fingerprint density at radius 3 is 2.88 bits per heavy atom. The second-order valence-corrected chi connectivity index (χ2v) is 7.33. The fourth-order valence-electron chi connectivity index (χ4n) is 2.62. The van der Waals surface area contributed by atoms with Gasteiger partial charge in [0.25, 0.3) is 11.1 Å². The van der Waals surface area contributed by atoms with Crippen LogP contribution in [-0.4, -0.2) is 40.2 Å². The van der Waals surface area contributed by atoms with Crippen LogP contribution in [0, 0.1) is 12.3 Å². The fraction of sp³-hybridized carbons (Fsp3) is 0.167. The summed E-state index contributed by atoms with van der Waals surface area (Å²) >= 11 is 4.27. The minimum Gasteiger partial charge on any atom is -0.468 e. The molecule has 26 heavy (non-hydrogen) atoms. The summed E-state index contributed by atoms with van der Waals surface area (Å²) in [5, 5.41) is 0.450. The smallest absolute Gasteiger partial charge is 0.325 e. The number of thioether (sulfide) groups is 1. The molecule has 132 valence electrons. The number of amides is 2. The first-order valence-electron chi connectivity index (χ1n) is 7.48. The van der Waals surface area contributed by atoms with Crippen molar-refractivity contribution in [3.8, 4) is 12.3 Å². The number of terminal acetylenes is 1. The van der Waals surface area contributed by atoms with Gasteiger partial charge in [0, 0.05) is 27.1 Å². The molecule has 2 amide bonds.